The van der Waals surface area contributed by atoms with Crippen LogP contribution >= 0.6 is 0 Å². The van der Waals surface area contributed by atoms with Gasteiger partial charge < -0.3 is 14.4 Å². The van der Waals surface area contributed by atoms with Gasteiger partial charge in [-0.25, -0.2) is 4.98 Å². The first-order chi connectivity index (χ1) is 12.8. The minimum atomic E-state index is -0.0860. The lowest BCUT2D eigenvalue weighted by Crippen LogP contribution is -2.31. The average molecular weight is 349 g/mol. The van der Waals surface area contributed by atoms with E-state index in [4.69, 9.17) is 9.47 Å². The average Bonchev–Trinajstić information content (AvgIpc) is 3.16. The molecule has 6 heteroatoms. The number of amides is 1. The summed E-state index contributed by atoms with van der Waals surface area (Å²) in [6.07, 6.45) is 4.08. The Hall–Kier alpha value is -3.15. The Bertz CT molecular complexity index is 939. The van der Waals surface area contributed by atoms with Gasteiger partial charge in [-0.1, -0.05) is 18.2 Å². The number of carbonyl (C=O) groups is 1. The number of likely N-dealkylation sites (tertiary alicyclic amines) is 1. The Morgan fingerprint density at radius 2 is 1.92 bits per heavy atom. The first-order valence-corrected chi connectivity index (χ1v) is 8.55. The van der Waals surface area contributed by atoms with Crippen LogP contribution in [0.25, 0.3) is 10.9 Å². The number of fused-ring (bicyclic) bond motifs is 1. The van der Waals surface area contributed by atoms with E-state index in [9.17, 15) is 4.79 Å². The standard InChI is InChI=1S/C20H19N3O3/c1-25-19-16(7-4-11-22-19)20(24)23-12-9-15(13-23)26-17-8-2-5-14-6-3-10-21-18(14)17/h2-8,10-11,15H,9,12-13H2,1H3/t15-/m0/s1. The molecule has 4 rings (SSSR count). The van der Waals surface area contributed by atoms with Crippen LogP contribution in [0.4, 0.5) is 0 Å². The van der Waals surface area contributed by atoms with Crippen molar-refractivity contribution in [2.24, 2.45) is 0 Å². The number of carbonyl (C=O) groups excluding carboxylic acids is 1. The van der Waals surface area contributed by atoms with Gasteiger partial charge in [-0.2, -0.15) is 0 Å². The highest BCUT2D eigenvalue weighted by Gasteiger charge is 2.30. The fourth-order valence-corrected chi connectivity index (χ4v) is 3.25. The normalized spacial score (nSPS) is 16.7. The molecule has 1 aromatic carbocycles. The van der Waals surface area contributed by atoms with Crippen molar-refractivity contribution in [2.75, 3.05) is 20.2 Å². The number of ether oxygens (including phenoxy) is 2. The van der Waals surface area contributed by atoms with Gasteiger partial charge in [-0.05, 0) is 24.3 Å². The van der Waals surface area contributed by atoms with Crippen LogP contribution in [0.5, 0.6) is 11.6 Å². The number of para-hydroxylation sites is 1. The topological polar surface area (TPSA) is 64.5 Å². The summed E-state index contributed by atoms with van der Waals surface area (Å²) in [6.45, 7) is 1.17. The SMILES string of the molecule is COc1ncccc1C(=O)N1CC[C@H](Oc2cccc3cccnc23)C1. The molecule has 1 fully saturated rings. The second-order valence-corrected chi connectivity index (χ2v) is 6.17. The summed E-state index contributed by atoms with van der Waals surface area (Å²) in [5, 5.41) is 1.04. The van der Waals surface area contributed by atoms with Gasteiger partial charge in [0.25, 0.3) is 5.91 Å². The molecule has 0 bridgehead atoms. The van der Waals surface area contributed by atoms with Gasteiger partial charge in [0.05, 0.1) is 13.7 Å². The number of rotatable bonds is 4. The third-order valence-electron chi connectivity index (χ3n) is 4.52. The first kappa shape index (κ1) is 16.3. The molecular formula is C20H19N3O3. The molecule has 1 amide bonds. The lowest BCUT2D eigenvalue weighted by molar-refractivity contribution is 0.0768. The predicted octanol–water partition coefficient (Wildman–Crippen LogP) is 2.93. The minimum absolute atomic E-state index is 0.0609. The molecule has 0 radical (unpaired) electrons. The van der Waals surface area contributed by atoms with Crippen molar-refractivity contribution in [1.82, 2.24) is 14.9 Å². The Balaban J connectivity index is 1.49. The van der Waals surface area contributed by atoms with Crippen LogP contribution in [0.1, 0.15) is 16.8 Å². The second kappa shape index (κ2) is 7.00. The zero-order valence-electron chi connectivity index (χ0n) is 14.5. The van der Waals surface area contributed by atoms with Crippen molar-refractivity contribution >= 4 is 16.8 Å². The molecule has 1 atom stereocenters. The van der Waals surface area contributed by atoms with E-state index in [1.54, 1.807) is 29.4 Å². The quantitative estimate of drug-likeness (QED) is 0.725. The van der Waals surface area contributed by atoms with Crippen LogP contribution in [-0.2, 0) is 0 Å². The molecule has 1 aliphatic rings. The summed E-state index contributed by atoms with van der Waals surface area (Å²) < 4.78 is 11.4. The first-order valence-electron chi connectivity index (χ1n) is 8.55. The number of benzene rings is 1. The van der Waals surface area contributed by atoms with Gasteiger partial charge in [0, 0.05) is 30.7 Å². The zero-order valence-corrected chi connectivity index (χ0v) is 14.5. The fraction of sp³-hybridized carbons (Fsp3) is 0.250. The van der Waals surface area contributed by atoms with E-state index < -0.39 is 0 Å². The Labute approximate surface area is 151 Å². The number of methoxy groups -OCH3 is 1. The van der Waals surface area contributed by atoms with Gasteiger partial charge in [0.2, 0.25) is 5.88 Å². The Kier molecular flexibility index (Phi) is 4.39. The number of nitrogens with zero attached hydrogens (tertiary/aromatic N) is 3. The van der Waals surface area contributed by atoms with Gasteiger partial charge in [0.1, 0.15) is 22.9 Å². The Morgan fingerprint density at radius 3 is 2.81 bits per heavy atom. The molecule has 1 aliphatic heterocycles. The summed E-state index contributed by atoms with van der Waals surface area (Å²) in [4.78, 5) is 23.1. The maximum atomic E-state index is 12.8. The molecule has 3 heterocycles. The molecule has 2 aromatic heterocycles. The smallest absolute Gasteiger partial charge is 0.259 e. The van der Waals surface area contributed by atoms with Crippen molar-refractivity contribution in [3.05, 3.63) is 60.4 Å². The molecule has 132 valence electrons. The third kappa shape index (κ3) is 3.06. The van der Waals surface area contributed by atoms with E-state index in [1.807, 2.05) is 30.3 Å². The maximum Gasteiger partial charge on any atom is 0.259 e. The lowest BCUT2D eigenvalue weighted by Gasteiger charge is -2.18. The zero-order chi connectivity index (χ0) is 17.9. The number of pyridine rings is 2. The molecule has 6 nitrogen and oxygen atoms in total. The summed E-state index contributed by atoms with van der Waals surface area (Å²) in [5.74, 6) is 1.01. The van der Waals surface area contributed by atoms with Gasteiger partial charge >= 0.3 is 0 Å². The summed E-state index contributed by atoms with van der Waals surface area (Å²) >= 11 is 0. The summed E-state index contributed by atoms with van der Waals surface area (Å²) in [5.41, 5.74) is 1.32. The molecule has 26 heavy (non-hydrogen) atoms. The summed E-state index contributed by atoms with van der Waals surface area (Å²) in [6, 6.07) is 13.3. The van der Waals surface area contributed by atoms with Gasteiger partial charge in [-0.15, -0.1) is 0 Å². The molecular weight excluding hydrogens is 330 g/mol. The van der Waals surface area contributed by atoms with E-state index in [0.717, 1.165) is 23.1 Å². The van der Waals surface area contributed by atoms with E-state index in [1.165, 1.54) is 7.11 Å². The third-order valence-corrected chi connectivity index (χ3v) is 4.52. The van der Waals surface area contributed by atoms with Crippen LogP contribution in [0.3, 0.4) is 0 Å². The minimum Gasteiger partial charge on any atom is -0.486 e. The van der Waals surface area contributed by atoms with Crippen molar-refractivity contribution < 1.29 is 14.3 Å². The molecule has 0 unspecified atom stereocenters. The number of aromatic nitrogens is 2. The highest BCUT2D eigenvalue weighted by atomic mass is 16.5. The fourth-order valence-electron chi connectivity index (χ4n) is 3.25. The maximum absolute atomic E-state index is 12.8. The molecule has 0 spiro atoms. The number of hydrogen-bond acceptors (Lipinski definition) is 5. The highest BCUT2D eigenvalue weighted by Crippen LogP contribution is 2.27. The van der Waals surface area contributed by atoms with E-state index in [2.05, 4.69) is 9.97 Å². The number of hydrogen-bond donors (Lipinski definition) is 0. The molecule has 1 saturated heterocycles. The largest absolute Gasteiger partial charge is 0.486 e. The van der Waals surface area contributed by atoms with E-state index in [0.29, 0.717) is 24.5 Å². The van der Waals surface area contributed by atoms with Crippen LogP contribution in [0.2, 0.25) is 0 Å². The lowest BCUT2D eigenvalue weighted by atomic mass is 10.2. The molecule has 0 aliphatic carbocycles. The van der Waals surface area contributed by atoms with Crippen molar-refractivity contribution in [3.63, 3.8) is 0 Å². The second-order valence-electron chi connectivity index (χ2n) is 6.17. The van der Waals surface area contributed by atoms with Crippen LogP contribution in [0, 0.1) is 0 Å². The van der Waals surface area contributed by atoms with Crippen molar-refractivity contribution in [2.45, 2.75) is 12.5 Å². The molecule has 3 aromatic rings. The van der Waals surface area contributed by atoms with Crippen LogP contribution in [0.15, 0.2) is 54.9 Å². The summed E-state index contributed by atoms with van der Waals surface area (Å²) in [7, 11) is 1.52. The van der Waals surface area contributed by atoms with Crippen molar-refractivity contribution in [1.29, 1.82) is 0 Å². The molecule has 0 saturated carbocycles. The highest BCUT2D eigenvalue weighted by molar-refractivity contribution is 5.96. The monoisotopic (exact) mass is 349 g/mol. The molecule has 0 N–H and O–H groups in total. The van der Waals surface area contributed by atoms with E-state index in [-0.39, 0.29) is 12.0 Å². The van der Waals surface area contributed by atoms with Crippen LogP contribution in [-0.4, -0.2) is 47.1 Å². The Morgan fingerprint density at radius 1 is 1.12 bits per heavy atom. The van der Waals surface area contributed by atoms with Crippen molar-refractivity contribution in [3.8, 4) is 11.6 Å². The van der Waals surface area contributed by atoms with Gasteiger partial charge in [-0.3, -0.25) is 9.78 Å². The predicted molar refractivity (Wildman–Crippen MR) is 97.5 cm³/mol. The van der Waals surface area contributed by atoms with E-state index >= 15 is 0 Å². The van der Waals surface area contributed by atoms with Gasteiger partial charge in [0.15, 0.2) is 0 Å². The van der Waals surface area contributed by atoms with Crippen LogP contribution < -0.4 is 9.47 Å².